The Labute approximate surface area is 102 Å². The average Bonchev–Trinajstić information content (AvgIpc) is 2.64. The van der Waals surface area contributed by atoms with E-state index in [9.17, 15) is 9.59 Å². The summed E-state index contributed by atoms with van der Waals surface area (Å²) in [6, 6.07) is -0.778. The first-order chi connectivity index (χ1) is 7.85. The van der Waals surface area contributed by atoms with E-state index in [1.165, 1.54) is 0 Å². The Balaban J connectivity index is 2.60. The summed E-state index contributed by atoms with van der Waals surface area (Å²) in [6.07, 6.45) is 1.22. The molecule has 0 radical (unpaired) electrons. The minimum absolute atomic E-state index is 0.157. The summed E-state index contributed by atoms with van der Waals surface area (Å²) in [6.45, 7) is 7.19. The van der Waals surface area contributed by atoms with Gasteiger partial charge in [0.25, 0.3) is 0 Å². The number of carboxylic acid groups (broad SMARTS) is 1. The topological polar surface area (TPSA) is 78.4 Å². The van der Waals surface area contributed by atoms with Crippen molar-refractivity contribution >= 4 is 11.9 Å². The molecule has 5 nitrogen and oxygen atoms in total. The molecular weight excluding hydrogens is 220 g/mol. The van der Waals surface area contributed by atoms with Crippen molar-refractivity contribution in [3.63, 3.8) is 0 Å². The molecular formula is C12H22N2O3. The number of nitrogens with one attached hydrogen (secondary N) is 2. The molecule has 1 saturated heterocycles. The minimum atomic E-state index is -0.957. The molecule has 1 aliphatic rings. The van der Waals surface area contributed by atoms with Crippen LogP contribution in [0.1, 0.15) is 33.6 Å². The van der Waals surface area contributed by atoms with E-state index in [0.717, 1.165) is 13.0 Å². The van der Waals surface area contributed by atoms with E-state index in [-0.39, 0.29) is 11.8 Å². The van der Waals surface area contributed by atoms with E-state index >= 15 is 0 Å². The second-order valence-corrected chi connectivity index (χ2v) is 5.48. The molecule has 0 saturated carbocycles. The van der Waals surface area contributed by atoms with Crippen molar-refractivity contribution < 1.29 is 14.7 Å². The molecule has 1 rings (SSSR count). The molecule has 0 aromatic rings. The number of rotatable bonds is 5. The van der Waals surface area contributed by atoms with Gasteiger partial charge in [-0.2, -0.15) is 0 Å². The van der Waals surface area contributed by atoms with E-state index < -0.39 is 17.4 Å². The SMILES string of the molecule is CC(C)CC(NC(=O)C1(C)CCNC1)C(=O)O. The second kappa shape index (κ2) is 5.49. The van der Waals surface area contributed by atoms with Crippen molar-refractivity contribution in [2.75, 3.05) is 13.1 Å². The molecule has 0 spiro atoms. The van der Waals surface area contributed by atoms with Gasteiger partial charge >= 0.3 is 5.97 Å². The zero-order chi connectivity index (χ0) is 13.1. The highest BCUT2D eigenvalue weighted by atomic mass is 16.4. The van der Waals surface area contributed by atoms with Crippen molar-refractivity contribution in [2.24, 2.45) is 11.3 Å². The first kappa shape index (κ1) is 14.0. The molecule has 2 atom stereocenters. The fourth-order valence-electron chi connectivity index (χ4n) is 2.04. The molecule has 1 heterocycles. The molecule has 2 unspecified atom stereocenters. The lowest BCUT2D eigenvalue weighted by atomic mass is 9.88. The van der Waals surface area contributed by atoms with Gasteiger partial charge in [0.05, 0.1) is 5.41 Å². The normalized spacial score (nSPS) is 25.9. The van der Waals surface area contributed by atoms with Crippen LogP contribution in [0.4, 0.5) is 0 Å². The van der Waals surface area contributed by atoms with Crippen molar-refractivity contribution in [3.8, 4) is 0 Å². The summed E-state index contributed by atoms with van der Waals surface area (Å²) in [5, 5.41) is 14.8. The lowest BCUT2D eigenvalue weighted by molar-refractivity contribution is -0.143. The number of carboxylic acids is 1. The molecule has 0 aromatic carbocycles. The van der Waals surface area contributed by atoms with Gasteiger partial charge in [0.2, 0.25) is 5.91 Å². The van der Waals surface area contributed by atoms with Crippen LogP contribution < -0.4 is 10.6 Å². The van der Waals surface area contributed by atoms with Gasteiger partial charge in [-0.05, 0) is 32.2 Å². The number of amides is 1. The summed E-state index contributed by atoms with van der Waals surface area (Å²) in [4.78, 5) is 23.1. The molecule has 0 aromatic heterocycles. The minimum Gasteiger partial charge on any atom is -0.480 e. The largest absolute Gasteiger partial charge is 0.480 e. The Kier molecular flexibility index (Phi) is 4.51. The number of hydrogen-bond acceptors (Lipinski definition) is 3. The van der Waals surface area contributed by atoms with Gasteiger partial charge in [-0.3, -0.25) is 4.79 Å². The van der Waals surface area contributed by atoms with E-state index in [0.29, 0.717) is 13.0 Å². The highest BCUT2D eigenvalue weighted by Crippen LogP contribution is 2.24. The van der Waals surface area contributed by atoms with Crippen LogP contribution in [0.2, 0.25) is 0 Å². The second-order valence-electron chi connectivity index (χ2n) is 5.48. The van der Waals surface area contributed by atoms with Crippen LogP contribution in [-0.2, 0) is 9.59 Å². The predicted molar refractivity (Wildman–Crippen MR) is 64.6 cm³/mol. The maximum Gasteiger partial charge on any atom is 0.326 e. The van der Waals surface area contributed by atoms with Crippen molar-refractivity contribution in [1.29, 1.82) is 0 Å². The average molecular weight is 242 g/mol. The van der Waals surface area contributed by atoms with E-state index in [1.54, 1.807) is 0 Å². The lowest BCUT2D eigenvalue weighted by Gasteiger charge is -2.25. The van der Waals surface area contributed by atoms with E-state index in [2.05, 4.69) is 10.6 Å². The van der Waals surface area contributed by atoms with Crippen LogP contribution >= 0.6 is 0 Å². The molecule has 1 fully saturated rings. The number of hydrogen-bond donors (Lipinski definition) is 3. The van der Waals surface area contributed by atoms with Crippen molar-refractivity contribution in [1.82, 2.24) is 10.6 Å². The fourth-order valence-corrected chi connectivity index (χ4v) is 2.04. The molecule has 98 valence electrons. The van der Waals surface area contributed by atoms with E-state index in [1.807, 2.05) is 20.8 Å². The molecule has 5 heteroatoms. The molecule has 3 N–H and O–H groups in total. The van der Waals surface area contributed by atoms with Crippen LogP contribution in [-0.4, -0.2) is 36.1 Å². The summed E-state index contributed by atoms with van der Waals surface area (Å²) in [5.41, 5.74) is -0.468. The molecule has 0 aliphatic carbocycles. The summed E-state index contributed by atoms with van der Waals surface area (Å²) in [5.74, 6) is -0.872. The van der Waals surface area contributed by atoms with Crippen LogP contribution in [0.25, 0.3) is 0 Å². The van der Waals surface area contributed by atoms with Gasteiger partial charge < -0.3 is 15.7 Å². The Morgan fingerprint density at radius 2 is 2.12 bits per heavy atom. The monoisotopic (exact) mass is 242 g/mol. The van der Waals surface area contributed by atoms with Gasteiger partial charge in [0, 0.05) is 6.54 Å². The van der Waals surface area contributed by atoms with Gasteiger partial charge in [-0.1, -0.05) is 13.8 Å². The number of aliphatic carboxylic acids is 1. The quantitative estimate of drug-likeness (QED) is 0.659. The zero-order valence-corrected chi connectivity index (χ0v) is 10.7. The molecule has 1 amide bonds. The summed E-state index contributed by atoms with van der Waals surface area (Å²) in [7, 11) is 0. The third-order valence-electron chi connectivity index (χ3n) is 3.23. The van der Waals surface area contributed by atoms with Gasteiger partial charge in [0.15, 0.2) is 0 Å². The van der Waals surface area contributed by atoms with Crippen LogP contribution in [0.5, 0.6) is 0 Å². The van der Waals surface area contributed by atoms with Gasteiger partial charge in [0.1, 0.15) is 6.04 Å². The molecule has 1 aliphatic heterocycles. The third kappa shape index (κ3) is 3.70. The smallest absolute Gasteiger partial charge is 0.326 e. The number of carbonyl (C=O) groups is 2. The maximum absolute atomic E-state index is 12.0. The standard InChI is InChI=1S/C12H22N2O3/c1-8(2)6-9(10(15)16)14-11(17)12(3)4-5-13-7-12/h8-9,13H,4-7H2,1-3H3,(H,14,17)(H,15,16). The highest BCUT2D eigenvalue weighted by Gasteiger charge is 2.38. The number of carbonyl (C=O) groups excluding carboxylic acids is 1. The molecule has 0 bridgehead atoms. The lowest BCUT2D eigenvalue weighted by Crippen LogP contribution is -2.48. The Morgan fingerprint density at radius 1 is 1.47 bits per heavy atom. The van der Waals surface area contributed by atoms with Gasteiger partial charge in [-0.25, -0.2) is 4.79 Å². The maximum atomic E-state index is 12.0. The first-order valence-corrected chi connectivity index (χ1v) is 6.09. The first-order valence-electron chi connectivity index (χ1n) is 6.09. The Hall–Kier alpha value is -1.10. The van der Waals surface area contributed by atoms with Crippen LogP contribution in [0.15, 0.2) is 0 Å². The molecule has 17 heavy (non-hydrogen) atoms. The zero-order valence-electron chi connectivity index (χ0n) is 10.7. The van der Waals surface area contributed by atoms with Crippen LogP contribution in [0, 0.1) is 11.3 Å². The Morgan fingerprint density at radius 3 is 2.53 bits per heavy atom. The van der Waals surface area contributed by atoms with Crippen molar-refractivity contribution in [3.05, 3.63) is 0 Å². The van der Waals surface area contributed by atoms with Gasteiger partial charge in [-0.15, -0.1) is 0 Å². The van der Waals surface area contributed by atoms with Crippen molar-refractivity contribution in [2.45, 2.75) is 39.7 Å². The summed E-state index contributed by atoms with van der Waals surface area (Å²) >= 11 is 0. The fraction of sp³-hybridized carbons (Fsp3) is 0.833. The highest BCUT2D eigenvalue weighted by molar-refractivity contribution is 5.87. The van der Waals surface area contributed by atoms with E-state index in [4.69, 9.17) is 5.11 Å². The van der Waals surface area contributed by atoms with Crippen LogP contribution in [0.3, 0.4) is 0 Å². The Bertz CT molecular complexity index is 296. The third-order valence-corrected chi connectivity index (χ3v) is 3.23. The summed E-state index contributed by atoms with van der Waals surface area (Å²) < 4.78 is 0. The predicted octanol–water partition coefficient (Wildman–Crippen LogP) is 0.602.